The number of fused-ring (bicyclic) bond motifs is 1. The van der Waals surface area contributed by atoms with E-state index in [2.05, 4.69) is 5.32 Å². The number of hydrogen-bond donors (Lipinski definition) is 1. The Bertz CT molecular complexity index is 1570. The van der Waals surface area contributed by atoms with Crippen LogP contribution in [0.15, 0.2) is 108 Å². The van der Waals surface area contributed by atoms with Gasteiger partial charge in [0, 0.05) is 29.6 Å². The molecule has 6 rings (SSSR count). The highest BCUT2D eigenvalue weighted by molar-refractivity contribution is 6.13. The van der Waals surface area contributed by atoms with Gasteiger partial charge in [-0.15, -0.1) is 0 Å². The fourth-order valence-corrected chi connectivity index (χ4v) is 4.57. The average Bonchev–Trinajstić information content (AvgIpc) is 3.52. The Morgan fingerprint density at radius 1 is 0.897 bits per heavy atom. The van der Waals surface area contributed by atoms with Gasteiger partial charge in [0.25, 0.3) is 5.91 Å². The molecule has 0 bridgehead atoms. The van der Waals surface area contributed by atoms with Crippen molar-refractivity contribution in [3.8, 4) is 22.5 Å². The summed E-state index contributed by atoms with van der Waals surface area (Å²) in [6.07, 6.45) is -0.434. The number of nitrogens with one attached hydrogen (secondary N) is 1. The molecule has 1 saturated heterocycles. The second-order valence-corrected chi connectivity index (χ2v) is 9.07. The summed E-state index contributed by atoms with van der Waals surface area (Å²) in [5.74, 6) is -0.377. The first-order valence-electron chi connectivity index (χ1n) is 12.6. The van der Waals surface area contributed by atoms with Crippen LogP contribution in [-0.2, 0) is 4.74 Å². The molecular weight excluding hydrogens is 495 g/mol. The van der Waals surface area contributed by atoms with Crippen molar-refractivity contribution in [3.63, 3.8) is 0 Å². The van der Waals surface area contributed by atoms with Gasteiger partial charge in [0.15, 0.2) is 0 Å². The third kappa shape index (κ3) is 5.25. The third-order valence-electron chi connectivity index (χ3n) is 6.46. The minimum absolute atomic E-state index is 0.164. The number of nitrogens with zero attached hydrogens (tertiary/aromatic N) is 1. The van der Waals surface area contributed by atoms with Crippen LogP contribution in [-0.4, -0.2) is 31.7 Å². The normalized spacial score (nSPS) is 14.5. The number of carbonyl (C=O) groups is 2. The number of benzene rings is 4. The van der Waals surface area contributed by atoms with E-state index in [0.29, 0.717) is 33.5 Å². The van der Waals surface area contributed by atoms with E-state index in [1.165, 1.54) is 12.1 Å². The van der Waals surface area contributed by atoms with Crippen molar-refractivity contribution in [2.24, 2.45) is 0 Å². The molecule has 0 aliphatic carbocycles. The molecule has 0 unspecified atom stereocenters. The lowest BCUT2D eigenvalue weighted by molar-refractivity contribution is 0.0964. The van der Waals surface area contributed by atoms with Gasteiger partial charge >= 0.3 is 6.09 Å². The van der Waals surface area contributed by atoms with Gasteiger partial charge in [0.05, 0.1) is 17.3 Å². The molecule has 7 heteroatoms. The maximum absolute atomic E-state index is 13.5. The molecule has 196 valence electrons. The Balaban J connectivity index is 0.000000455. The minimum atomic E-state index is -0.434. The molecule has 2 amide bonds. The number of ether oxygens (including phenoxy) is 1. The molecule has 4 aromatic carbocycles. The van der Waals surface area contributed by atoms with Crippen molar-refractivity contribution in [3.05, 3.63) is 115 Å². The van der Waals surface area contributed by atoms with Crippen molar-refractivity contribution in [1.82, 2.24) is 5.32 Å². The topological polar surface area (TPSA) is 71.8 Å². The van der Waals surface area contributed by atoms with E-state index >= 15 is 0 Å². The predicted molar refractivity (Wildman–Crippen MR) is 150 cm³/mol. The zero-order chi connectivity index (χ0) is 27.4. The summed E-state index contributed by atoms with van der Waals surface area (Å²) >= 11 is 0. The molecule has 1 aromatic heterocycles. The Morgan fingerprint density at radius 3 is 2.08 bits per heavy atom. The van der Waals surface area contributed by atoms with Gasteiger partial charge < -0.3 is 14.5 Å². The predicted octanol–water partition coefficient (Wildman–Crippen LogP) is 7.30. The minimum Gasteiger partial charge on any atom is -0.455 e. The van der Waals surface area contributed by atoms with Crippen molar-refractivity contribution in [2.75, 3.05) is 18.6 Å². The van der Waals surface area contributed by atoms with Crippen LogP contribution in [0.25, 0.3) is 33.4 Å². The van der Waals surface area contributed by atoms with Crippen LogP contribution in [0.2, 0.25) is 0 Å². The molecule has 1 N–H and O–H groups in total. The molecule has 0 spiro atoms. The van der Waals surface area contributed by atoms with Gasteiger partial charge in [-0.2, -0.15) is 0 Å². The average molecular weight is 523 g/mol. The van der Waals surface area contributed by atoms with E-state index in [1.807, 2.05) is 79.7 Å². The van der Waals surface area contributed by atoms with Crippen LogP contribution in [0.4, 0.5) is 14.9 Å². The number of carbonyl (C=O) groups excluding carboxylic acids is 2. The fourth-order valence-electron chi connectivity index (χ4n) is 4.57. The zero-order valence-corrected chi connectivity index (χ0v) is 21.6. The van der Waals surface area contributed by atoms with Crippen molar-refractivity contribution >= 4 is 28.7 Å². The molecule has 6 nitrogen and oxygen atoms in total. The molecule has 0 radical (unpaired) electrons. The first kappa shape index (κ1) is 25.7. The lowest BCUT2D eigenvalue weighted by atomic mass is 9.97. The number of hydrogen-bond acceptors (Lipinski definition) is 4. The number of cyclic esters (lactones) is 1. The van der Waals surface area contributed by atoms with Crippen LogP contribution < -0.4 is 10.2 Å². The molecule has 1 atom stereocenters. The Labute approximate surface area is 225 Å². The highest BCUT2D eigenvalue weighted by Gasteiger charge is 2.34. The lowest BCUT2D eigenvalue weighted by Crippen LogP contribution is -2.31. The largest absolute Gasteiger partial charge is 0.455 e. The summed E-state index contributed by atoms with van der Waals surface area (Å²) in [5.41, 5.74) is 3.64. The summed E-state index contributed by atoms with van der Waals surface area (Å²) in [7, 11) is 1.55. The Kier molecular flexibility index (Phi) is 7.41. The SMILES string of the molecule is CNC(=O)c1c(-c2ccc(F)cc2)oc2cc(N3C(=O)OC[C@@H]3C)c(-c3ccccc3)cc12.c1ccccc1. The number of anilines is 1. The highest BCUT2D eigenvalue weighted by Crippen LogP contribution is 2.42. The van der Waals surface area contributed by atoms with E-state index in [-0.39, 0.29) is 24.4 Å². The Morgan fingerprint density at radius 2 is 1.51 bits per heavy atom. The maximum atomic E-state index is 13.5. The van der Waals surface area contributed by atoms with Crippen LogP contribution in [0, 0.1) is 5.82 Å². The van der Waals surface area contributed by atoms with E-state index in [9.17, 15) is 14.0 Å². The molecule has 39 heavy (non-hydrogen) atoms. The molecule has 1 fully saturated rings. The summed E-state index contributed by atoms with van der Waals surface area (Å²) in [5, 5.41) is 3.26. The Hall–Kier alpha value is -4.91. The van der Waals surface area contributed by atoms with Gasteiger partial charge in [0.2, 0.25) is 0 Å². The molecule has 1 aliphatic rings. The number of halogens is 1. The monoisotopic (exact) mass is 522 g/mol. The molecule has 2 heterocycles. The summed E-state index contributed by atoms with van der Waals surface area (Å²) in [6, 6.07) is 30.8. The van der Waals surface area contributed by atoms with Crippen LogP contribution in [0.5, 0.6) is 0 Å². The van der Waals surface area contributed by atoms with Gasteiger partial charge in [0.1, 0.15) is 23.8 Å². The third-order valence-corrected chi connectivity index (χ3v) is 6.46. The standard InChI is InChI=1S/C26H21FN2O4.C6H6/c1-15-14-32-26(31)29(15)21-13-22-20(12-19(21)16-6-4-3-5-7-16)23(25(30)28-2)24(33-22)17-8-10-18(27)11-9-17;1-2-4-6-5-3-1/h3-13,15H,14H2,1-2H3,(H,28,30);1-6H/t15-;/m0./s1. The van der Waals surface area contributed by atoms with E-state index in [1.54, 1.807) is 30.1 Å². The summed E-state index contributed by atoms with van der Waals surface area (Å²) in [4.78, 5) is 27.1. The molecule has 0 saturated carbocycles. The first-order chi connectivity index (χ1) is 19.0. The van der Waals surface area contributed by atoms with Gasteiger partial charge in [-0.05, 0) is 42.8 Å². The van der Waals surface area contributed by atoms with E-state index in [4.69, 9.17) is 9.15 Å². The van der Waals surface area contributed by atoms with Crippen molar-refractivity contribution in [2.45, 2.75) is 13.0 Å². The highest BCUT2D eigenvalue weighted by atomic mass is 19.1. The maximum Gasteiger partial charge on any atom is 0.414 e. The molecule has 1 aliphatic heterocycles. The van der Waals surface area contributed by atoms with Crippen molar-refractivity contribution in [1.29, 1.82) is 0 Å². The quantitative estimate of drug-likeness (QED) is 0.269. The number of furan rings is 1. The number of amides is 2. The van der Waals surface area contributed by atoms with Crippen molar-refractivity contribution < 1.29 is 23.1 Å². The molecule has 5 aromatic rings. The fraction of sp³-hybridized carbons (Fsp3) is 0.125. The van der Waals surface area contributed by atoms with Crippen LogP contribution >= 0.6 is 0 Å². The van der Waals surface area contributed by atoms with Gasteiger partial charge in [-0.1, -0.05) is 66.7 Å². The second kappa shape index (κ2) is 11.2. The first-order valence-corrected chi connectivity index (χ1v) is 12.6. The second-order valence-electron chi connectivity index (χ2n) is 9.07. The zero-order valence-electron chi connectivity index (χ0n) is 21.6. The summed E-state index contributed by atoms with van der Waals surface area (Å²) in [6.45, 7) is 2.19. The smallest absolute Gasteiger partial charge is 0.414 e. The van der Waals surface area contributed by atoms with Gasteiger partial charge in [-0.3, -0.25) is 9.69 Å². The van der Waals surface area contributed by atoms with Crippen LogP contribution in [0.3, 0.4) is 0 Å². The lowest BCUT2D eigenvalue weighted by Gasteiger charge is -2.22. The summed E-state index contributed by atoms with van der Waals surface area (Å²) < 4.78 is 24.9. The van der Waals surface area contributed by atoms with Gasteiger partial charge in [-0.25, -0.2) is 9.18 Å². The van der Waals surface area contributed by atoms with E-state index < -0.39 is 6.09 Å². The van der Waals surface area contributed by atoms with Crippen LogP contribution in [0.1, 0.15) is 17.3 Å². The molecular formula is C32H27FN2O4. The van der Waals surface area contributed by atoms with E-state index in [0.717, 1.165) is 11.1 Å². The number of rotatable bonds is 4.